The lowest BCUT2D eigenvalue weighted by atomic mass is 10.1. The number of benzene rings is 1. The highest BCUT2D eigenvalue weighted by molar-refractivity contribution is 5.68. The number of halogens is 1. The summed E-state index contributed by atoms with van der Waals surface area (Å²) in [6, 6.07) is 9.52. The van der Waals surface area contributed by atoms with E-state index in [1.807, 2.05) is 13.8 Å². The number of pyridine rings is 1. The first-order chi connectivity index (χ1) is 14.0. The Balaban J connectivity index is 1.59. The van der Waals surface area contributed by atoms with Crippen LogP contribution in [0.4, 0.5) is 21.8 Å². The number of anilines is 3. The van der Waals surface area contributed by atoms with E-state index < -0.39 is 0 Å². The molecule has 1 saturated heterocycles. The summed E-state index contributed by atoms with van der Waals surface area (Å²) in [5.41, 5.74) is 1.63. The molecule has 0 amide bonds. The first-order valence-corrected chi connectivity index (χ1v) is 9.47. The monoisotopic (exact) mass is 395 g/mol. The summed E-state index contributed by atoms with van der Waals surface area (Å²) in [6.45, 7) is 5.44. The normalized spacial score (nSPS) is 19.2. The molecule has 3 heterocycles. The molecule has 4 rings (SSSR count). The van der Waals surface area contributed by atoms with E-state index >= 15 is 0 Å². The molecule has 2 N–H and O–H groups in total. The molecule has 2 atom stereocenters. The molecule has 7 nitrogen and oxygen atoms in total. The minimum Gasteiger partial charge on any atom is -0.372 e. The lowest BCUT2D eigenvalue weighted by molar-refractivity contribution is -0.00571. The highest BCUT2D eigenvalue weighted by atomic mass is 19.1. The molecule has 1 aliphatic rings. The van der Waals surface area contributed by atoms with E-state index in [1.54, 1.807) is 36.7 Å². The number of rotatable bonds is 4. The topological polar surface area (TPSA) is 83.1 Å². The number of morpholine rings is 1. The van der Waals surface area contributed by atoms with Crippen molar-refractivity contribution >= 4 is 17.5 Å². The Morgan fingerprint density at radius 2 is 1.86 bits per heavy atom. The summed E-state index contributed by atoms with van der Waals surface area (Å²) in [5, 5.41) is 3.07. The summed E-state index contributed by atoms with van der Waals surface area (Å²) >= 11 is 0. The molecular formula is C21H22FN5O2. The van der Waals surface area contributed by atoms with Crippen molar-refractivity contribution in [2.45, 2.75) is 26.1 Å². The van der Waals surface area contributed by atoms with Crippen LogP contribution in [0.3, 0.4) is 0 Å². The van der Waals surface area contributed by atoms with Crippen molar-refractivity contribution in [2.75, 3.05) is 23.3 Å². The fraction of sp³-hybridized carbons (Fsp3) is 0.286. The van der Waals surface area contributed by atoms with Crippen molar-refractivity contribution in [3.63, 3.8) is 0 Å². The number of aromatic nitrogens is 3. The maximum Gasteiger partial charge on any atom is 0.271 e. The van der Waals surface area contributed by atoms with E-state index in [0.29, 0.717) is 30.5 Å². The molecule has 0 unspecified atom stereocenters. The number of hydrogen-bond acceptors (Lipinski definition) is 6. The fourth-order valence-corrected chi connectivity index (χ4v) is 3.44. The van der Waals surface area contributed by atoms with Crippen LogP contribution >= 0.6 is 0 Å². The molecule has 0 aliphatic carbocycles. The van der Waals surface area contributed by atoms with Gasteiger partial charge in [-0.2, -0.15) is 4.98 Å². The third-order valence-corrected chi connectivity index (χ3v) is 4.69. The van der Waals surface area contributed by atoms with Gasteiger partial charge in [0.15, 0.2) is 0 Å². The van der Waals surface area contributed by atoms with Crippen molar-refractivity contribution < 1.29 is 9.13 Å². The third kappa shape index (κ3) is 4.43. The predicted molar refractivity (Wildman–Crippen MR) is 110 cm³/mol. The van der Waals surface area contributed by atoms with Crippen molar-refractivity contribution in [1.29, 1.82) is 0 Å². The maximum atomic E-state index is 13.2. The SMILES string of the molecule is C[C@@H]1CN(c2nccc(Nc3cc(-c4ccc(F)cc4)c[nH]c3=O)n2)C[C@H](C)O1. The second-order valence-corrected chi connectivity index (χ2v) is 7.17. The van der Waals surface area contributed by atoms with Crippen molar-refractivity contribution in [3.05, 3.63) is 65.0 Å². The fourth-order valence-electron chi connectivity index (χ4n) is 3.44. The average Bonchev–Trinajstić information content (AvgIpc) is 2.70. The number of nitrogens with zero attached hydrogens (tertiary/aromatic N) is 3. The molecule has 2 aromatic heterocycles. The van der Waals surface area contributed by atoms with E-state index in [-0.39, 0.29) is 23.6 Å². The highest BCUT2D eigenvalue weighted by Crippen LogP contribution is 2.23. The summed E-state index contributed by atoms with van der Waals surface area (Å²) < 4.78 is 18.9. The van der Waals surface area contributed by atoms with Crippen molar-refractivity contribution in [1.82, 2.24) is 15.0 Å². The molecular weight excluding hydrogens is 373 g/mol. The van der Waals surface area contributed by atoms with Crippen LogP contribution in [0.2, 0.25) is 0 Å². The Morgan fingerprint density at radius 3 is 2.59 bits per heavy atom. The summed E-state index contributed by atoms with van der Waals surface area (Å²) in [4.78, 5) is 26.0. The van der Waals surface area contributed by atoms with Gasteiger partial charge in [-0.3, -0.25) is 4.79 Å². The van der Waals surface area contributed by atoms with Gasteiger partial charge >= 0.3 is 0 Å². The van der Waals surface area contributed by atoms with Gasteiger partial charge in [0.2, 0.25) is 5.95 Å². The zero-order valence-electron chi connectivity index (χ0n) is 16.2. The molecule has 1 aromatic carbocycles. The number of nitrogens with one attached hydrogen (secondary N) is 2. The van der Waals surface area contributed by atoms with Gasteiger partial charge in [0.1, 0.15) is 17.3 Å². The van der Waals surface area contributed by atoms with Crippen LogP contribution < -0.4 is 15.8 Å². The second kappa shape index (κ2) is 8.00. The van der Waals surface area contributed by atoms with Gasteiger partial charge in [0, 0.05) is 31.0 Å². The van der Waals surface area contributed by atoms with Crippen LogP contribution in [0.15, 0.2) is 53.6 Å². The van der Waals surface area contributed by atoms with Crippen LogP contribution in [-0.2, 0) is 4.74 Å². The first-order valence-electron chi connectivity index (χ1n) is 9.47. The van der Waals surface area contributed by atoms with Crippen LogP contribution in [0.1, 0.15) is 13.8 Å². The lowest BCUT2D eigenvalue weighted by Gasteiger charge is -2.35. The minimum absolute atomic E-state index is 0.0919. The molecule has 0 radical (unpaired) electrons. The van der Waals surface area contributed by atoms with Gasteiger partial charge in [-0.05, 0) is 43.7 Å². The summed E-state index contributed by atoms with van der Waals surface area (Å²) in [6.07, 6.45) is 3.44. The number of H-pyrrole nitrogens is 1. The molecule has 3 aromatic rings. The lowest BCUT2D eigenvalue weighted by Crippen LogP contribution is -2.46. The Bertz CT molecular complexity index is 1040. The van der Waals surface area contributed by atoms with Crippen LogP contribution in [0.25, 0.3) is 11.1 Å². The summed E-state index contributed by atoms with van der Waals surface area (Å²) in [5.74, 6) is 0.795. The molecule has 150 valence electrons. The molecule has 8 heteroatoms. The highest BCUT2D eigenvalue weighted by Gasteiger charge is 2.24. The Kier molecular flexibility index (Phi) is 5.26. The standard InChI is InChI=1S/C21H22FN5O2/c1-13-11-27(12-14(2)29-13)21-23-8-7-19(26-21)25-18-9-16(10-24-20(18)28)15-3-5-17(22)6-4-15/h3-10,13-14H,11-12H2,1-2H3,(H,24,28)(H,23,25,26)/t13-,14+. The average molecular weight is 395 g/mol. The van der Waals surface area contributed by atoms with Crippen LogP contribution in [0, 0.1) is 5.82 Å². The molecule has 1 fully saturated rings. The largest absolute Gasteiger partial charge is 0.372 e. The zero-order chi connectivity index (χ0) is 20.4. The number of aromatic amines is 1. The van der Waals surface area contributed by atoms with Crippen molar-refractivity contribution in [2.24, 2.45) is 0 Å². The van der Waals surface area contributed by atoms with E-state index in [0.717, 1.165) is 11.1 Å². The first kappa shape index (κ1) is 19.1. The van der Waals surface area contributed by atoms with E-state index in [1.165, 1.54) is 12.1 Å². The smallest absolute Gasteiger partial charge is 0.271 e. The van der Waals surface area contributed by atoms with E-state index in [2.05, 4.69) is 25.2 Å². The Hall–Kier alpha value is -3.26. The van der Waals surface area contributed by atoms with Crippen LogP contribution in [-0.4, -0.2) is 40.2 Å². The van der Waals surface area contributed by atoms with Gasteiger partial charge in [0.05, 0.1) is 12.2 Å². The van der Waals surface area contributed by atoms with E-state index in [4.69, 9.17) is 4.74 Å². The van der Waals surface area contributed by atoms with Gasteiger partial charge < -0.3 is 19.9 Å². The zero-order valence-corrected chi connectivity index (χ0v) is 16.2. The number of ether oxygens (including phenoxy) is 1. The van der Waals surface area contributed by atoms with Gasteiger partial charge in [0.25, 0.3) is 5.56 Å². The quantitative estimate of drug-likeness (QED) is 0.705. The summed E-state index contributed by atoms with van der Waals surface area (Å²) in [7, 11) is 0. The molecule has 1 aliphatic heterocycles. The molecule has 0 bridgehead atoms. The van der Waals surface area contributed by atoms with Gasteiger partial charge in [-0.1, -0.05) is 12.1 Å². The number of hydrogen-bond donors (Lipinski definition) is 2. The third-order valence-electron chi connectivity index (χ3n) is 4.69. The molecule has 0 spiro atoms. The van der Waals surface area contributed by atoms with Crippen LogP contribution in [0.5, 0.6) is 0 Å². The molecule has 29 heavy (non-hydrogen) atoms. The maximum absolute atomic E-state index is 13.2. The van der Waals surface area contributed by atoms with Gasteiger partial charge in [-0.25, -0.2) is 9.37 Å². The van der Waals surface area contributed by atoms with E-state index in [9.17, 15) is 9.18 Å². The molecule has 0 saturated carbocycles. The predicted octanol–water partition coefficient (Wildman–Crippen LogP) is 3.33. The minimum atomic E-state index is -0.309. The van der Waals surface area contributed by atoms with Crippen molar-refractivity contribution in [3.8, 4) is 11.1 Å². The second-order valence-electron chi connectivity index (χ2n) is 7.17. The Morgan fingerprint density at radius 1 is 1.14 bits per heavy atom. The Labute approximate surface area is 167 Å². The van der Waals surface area contributed by atoms with Gasteiger partial charge in [-0.15, -0.1) is 0 Å².